The lowest BCUT2D eigenvalue weighted by atomic mass is 10.1. The summed E-state index contributed by atoms with van der Waals surface area (Å²) in [4.78, 5) is 79.2. The van der Waals surface area contributed by atoms with Crippen molar-refractivity contribution in [3.8, 4) is 11.5 Å². The summed E-state index contributed by atoms with van der Waals surface area (Å²) in [7, 11) is 0. The number of para-hydroxylation sites is 2. The van der Waals surface area contributed by atoms with Gasteiger partial charge >= 0.3 is 0 Å². The summed E-state index contributed by atoms with van der Waals surface area (Å²) in [6.45, 7) is 5.85. The summed E-state index contributed by atoms with van der Waals surface area (Å²) in [6, 6.07) is 21.9. The van der Waals surface area contributed by atoms with E-state index < -0.39 is 47.3 Å². The van der Waals surface area contributed by atoms with Gasteiger partial charge in [0.15, 0.2) is 11.6 Å². The molecular formula is C46H42Cl4N8O8. The van der Waals surface area contributed by atoms with Crippen LogP contribution in [0.5, 0.6) is 11.5 Å². The van der Waals surface area contributed by atoms with E-state index in [9.17, 15) is 28.8 Å². The SMILES string of the molecule is CCOc1cc(NC(=O)C(N=Nc2ccc(Cl)c(C(=O)Nc3ccccc3CCl)c2)C(C)=O)cc(OCC)c1NC(=O)C(N=Nc1ccc(Cl)c(C(=O)Nc2ccccc2CCl)c1)C(C)=O. The number of anilines is 4. The van der Waals surface area contributed by atoms with Gasteiger partial charge in [-0.15, -0.1) is 23.2 Å². The summed E-state index contributed by atoms with van der Waals surface area (Å²) >= 11 is 24.7. The first-order chi connectivity index (χ1) is 31.7. The minimum Gasteiger partial charge on any atom is -0.491 e. The molecule has 5 rings (SSSR count). The highest BCUT2D eigenvalue weighted by atomic mass is 35.5. The third kappa shape index (κ3) is 13.2. The average molecular weight is 977 g/mol. The van der Waals surface area contributed by atoms with Crippen LogP contribution in [0.1, 0.15) is 59.5 Å². The molecule has 0 saturated carbocycles. The number of amides is 4. The van der Waals surface area contributed by atoms with Crippen LogP contribution in [0.2, 0.25) is 10.0 Å². The first-order valence-corrected chi connectivity index (χ1v) is 21.9. The van der Waals surface area contributed by atoms with Gasteiger partial charge < -0.3 is 30.7 Å². The van der Waals surface area contributed by atoms with Crippen LogP contribution >= 0.6 is 46.4 Å². The molecule has 16 nitrogen and oxygen atoms in total. The fraction of sp³-hybridized carbons (Fsp3) is 0.217. The van der Waals surface area contributed by atoms with Crippen molar-refractivity contribution in [1.29, 1.82) is 0 Å². The van der Waals surface area contributed by atoms with E-state index in [1.165, 1.54) is 48.5 Å². The maximum atomic E-state index is 13.7. The number of nitrogens with zero attached hydrogens (tertiary/aromatic N) is 4. The molecule has 0 aliphatic heterocycles. The molecule has 4 amide bonds. The fourth-order valence-corrected chi connectivity index (χ4v) is 6.88. The van der Waals surface area contributed by atoms with Gasteiger partial charge in [0.05, 0.1) is 45.8 Å². The monoisotopic (exact) mass is 974 g/mol. The Hall–Kier alpha value is -6.72. The molecule has 0 fully saturated rings. The average Bonchev–Trinajstić information content (AvgIpc) is 3.28. The number of carbonyl (C=O) groups is 6. The van der Waals surface area contributed by atoms with Crippen molar-refractivity contribution in [3.05, 3.63) is 129 Å². The quantitative estimate of drug-likeness (QED) is 0.0333. The minimum absolute atomic E-state index is 0.00218. The lowest BCUT2D eigenvalue weighted by molar-refractivity contribution is -0.127. The Morgan fingerprint density at radius 2 is 0.970 bits per heavy atom. The van der Waals surface area contributed by atoms with Gasteiger partial charge in [-0.25, -0.2) is 0 Å². The number of ketones is 2. The highest BCUT2D eigenvalue weighted by Crippen LogP contribution is 2.39. The van der Waals surface area contributed by atoms with Gasteiger partial charge in [0, 0.05) is 41.0 Å². The van der Waals surface area contributed by atoms with Crippen LogP contribution in [0.3, 0.4) is 0 Å². The van der Waals surface area contributed by atoms with Gasteiger partial charge in [-0.3, -0.25) is 28.8 Å². The Balaban J connectivity index is 1.34. The maximum Gasteiger partial charge on any atom is 0.259 e. The van der Waals surface area contributed by atoms with Crippen LogP contribution in [-0.4, -0.2) is 60.5 Å². The number of benzene rings is 5. The van der Waals surface area contributed by atoms with Crippen LogP contribution in [-0.2, 0) is 30.9 Å². The van der Waals surface area contributed by atoms with Crippen molar-refractivity contribution in [2.75, 3.05) is 34.5 Å². The Morgan fingerprint density at radius 3 is 1.36 bits per heavy atom. The van der Waals surface area contributed by atoms with Crippen molar-refractivity contribution in [2.24, 2.45) is 20.5 Å². The lowest BCUT2D eigenvalue weighted by Gasteiger charge is -2.19. The second-order valence-electron chi connectivity index (χ2n) is 14.0. The summed E-state index contributed by atoms with van der Waals surface area (Å²) in [6.07, 6.45) is 0. The normalized spacial score (nSPS) is 12.0. The standard InChI is InChI=1S/C46H42Cl4N8O8/c1-5-65-38-21-31(51-45(63)40(25(3)59)57-55-29-15-17-34(49)32(19-29)43(61)52-36-13-9-7-11-27(36)23-47)22-39(66-6-2)42(38)54-46(64)41(26(4)60)58-56-30-16-18-35(50)33(20-30)44(62)53-37-14-10-8-12-28(37)24-48/h7-22,40-41H,5-6,23-24H2,1-4H3,(H,51,63)(H,52,61)(H,53,62)(H,54,64). The third-order valence-corrected chi connectivity index (χ3v) is 10.5. The molecule has 0 radical (unpaired) electrons. The number of azo groups is 2. The highest BCUT2D eigenvalue weighted by molar-refractivity contribution is 6.35. The van der Waals surface area contributed by atoms with Gasteiger partial charge in [-0.1, -0.05) is 59.6 Å². The molecule has 2 atom stereocenters. The maximum absolute atomic E-state index is 13.7. The first kappa shape index (κ1) is 50.3. The van der Waals surface area contributed by atoms with Crippen molar-refractivity contribution in [2.45, 2.75) is 51.5 Å². The number of alkyl halides is 2. The fourth-order valence-electron chi connectivity index (χ4n) is 6.01. The molecule has 5 aromatic rings. The topological polar surface area (TPSA) is 218 Å². The molecule has 0 aliphatic carbocycles. The zero-order valence-electron chi connectivity index (χ0n) is 35.8. The summed E-state index contributed by atoms with van der Waals surface area (Å²) in [5.74, 6) is -3.84. The lowest BCUT2D eigenvalue weighted by Crippen LogP contribution is -2.32. The number of hydrogen-bond donors (Lipinski definition) is 4. The van der Waals surface area contributed by atoms with E-state index in [-0.39, 0.29) is 80.4 Å². The number of halogens is 4. The van der Waals surface area contributed by atoms with Gasteiger partial charge in [-0.05, 0) is 87.4 Å². The number of carbonyl (C=O) groups excluding carboxylic acids is 6. The van der Waals surface area contributed by atoms with Crippen LogP contribution in [0.15, 0.2) is 118 Å². The molecule has 0 aliphatic rings. The third-order valence-electron chi connectivity index (χ3n) is 9.23. The molecule has 0 saturated heterocycles. The van der Waals surface area contributed by atoms with E-state index >= 15 is 0 Å². The van der Waals surface area contributed by atoms with Crippen molar-refractivity contribution in [3.63, 3.8) is 0 Å². The number of nitrogens with one attached hydrogen (secondary N) is 4. The Kier molecular flexibility index (Phi) is 18.3. The van der Waals surface area contributed by atoms with Gasteiger partial charge in [0.1, 0.15) is 17.2 Å². The van der Waals surface area contributed by atoms with Gasteiger partial charge in [0.25, 0.3) is 23.6 Å². The molecule has 0 bridgehead atoms. The van der Waals surface area contributed by atoms with Gasteiger partial charge in [-0.2, -0.15) is 20.5 Å². The predicted molar refractivity (Wildman–Crippen MR) is 255 cm³/mol. The minimum atomic E-state index is -1.67. The molecule has 342 valence electrons. The molecule has 2 unspecified atom stereocenters. The van der Waals surface area contributed by atoms with Gasteiger partial charge in [0.2, 0.25) is 12.1 Å². The second-order valence-corrected chi connectivity index (χ2v) is 15.3. The molecular weight excluding hydrogens is 934 g/mol. The Bertz CT molecular complexity index is 2690. The van der Waals surface area contributed by atoms with Crippen LogP contribution in [0.4, 0.5) is 34.1 Å². The summed E-state index contributed by atoms with van der Waals surface area (Å²) in [5.41, 5.74) is 2.81. The van der Waals surface area contributed by atoms with Crippen LogP contribution < -0.4 is 30.7 Å². The zero-order valence-corrected chi connectivity index (χ0v) is 38.8. The molecule has 0 heterocycles. The first-order valence-electron chi connectivity index (χ1n) is 20.0. The van der Waals surface area contributed by atoms with Crippen molar-refractivity contribution < 1.29 is 38.2 Å². The van der Waals surface area contributed by atoms with E-state index in [2.05, 4.69) is 41.7 Å². The summed E-state index contributed by atoms with van der Waals surface area (Å²) in [5, 5.41) is 27.2. The zero-order chi connectivity index (χ0) is 47.9. The van der Waals surface area contributed by atoms with E-state index in [4.69, 9.17) is 55.9 Å². The molecule has 4 N–H and O–H groups in total. The van der Waals surface area contributed by atoms with E-state index in [0.29, 0.717) is 22.5 Å². The van der Waals surface area contributed by atoms with Crippen LogP contribution in [0.25, 0.3) is 0 Å². The Labute approximate surface area is 399 Å². The molecule has 0 spiro atoms. The molecule has 66 heavy (non-hydrogen) atoms. The van der Waals surface area contributed by atoms with E-state index in [1.54, 1.807) is 62.4 Å². The number of hydrogen-bond acceptors (Lipinski definition) is 12. The van der Waals surface area contributed by atoms with E-state index in [1.807, 2.05) is 0 Å². The second kappa shape index (κ2) is 24.0. The molecule has 5 aromatic carbocycles. The number of rotatable bonds is 20. The van der Waals surface area contributed by atoms with Crippen molar-refractivity contribution in [1.82, 2.24) is 0 Å². The van der Waals surface area contributed by atoms with Crippen molar-refractivity contribution >= 4 is 116 Å². The smallest absolute Gasteiger partial charge is 0.259 e. The predicted octanol–water partition coefficient (Wildman–Crippen LogP) is 11.1. The Morgan fingerprint density at radius 1 is 0.561 bits per heavy atom. The van der Waals surface area contributed by atoms with E-state index in [0.717, 1.165) is 13.8 Å². The summed E-state index contributed by atoms with van der Waals surface area (Å²) < 4.78 is 11.6. The number of Topliss-reactive ketones (excluding diaryl/α,β-unsaturated/α-hetero) is 2. The molecule has 20 heteroatoms. The highest BCUT2D eigenvalue weighted by Gasteiger charge is 2.28. The van der Waals surface area contributed by atoms with Crippen LogP contribution in [0, 0.1) is 0 Å². The largest absolute Gasteiger partial charge is 0.491 e. The number of ether oxygens (including phenoxy) is 2. The molecule has 0 aromatic heterocycles.